The highest BCUT2D eigenvalue weighted by atomic mass is 16.6. The molecule has 0 spiro atoms. The molecule has 1 aliphatic rings. The summed E-state index contributed by atoms with van der Waals surface area (Å²) < 4.78 is 0. The Morgan fingerprint density at radius 2 is 2.32 bits per heavy atom. The fourth-order valence-electron chi connectivity index (χ4n) is 2.42. The standard InChI is InChI=1S/C13H17N3O3/c1-2-9-6-7-15(8-9)13(17)10-4-3-5-11(12(10)14)16(18)19/h3-5,9H,2,6-8,14H2,1H3. The molecule has 1 fully saturated rings. The third-order valence-corrected chi connectivity index (χ3v) is 3.66. The molecule has 0 saturated carbocycles. The summed E-state index contributed by atoms with van der Waals surface area (Å²) in [5.74, 6) is 0.307. The van der Waals surface area contributed by atoms with Gasteiger partial charge >= 0.3 is 0 Å². The van der Waals surface area contributed by atoms with Gasteiger partial charge in [-0.1, -0.05) is 19.4 Å². The van der Waals surface area contributed by atoms with Gasteiger partial charge in [-0.2, -0.15) is 0 Å². The average molecular weight is 263 g/mol. The van der Waals surface area contributed by atoms with Gasteiger partial charge in [-0.05, 0) is 18.4 Å². The molecular weight excluding hydrogens is 246 g/mol. The van der Waals surface area contributed by atoms with Crippen LogP contribution in [0.1, 0.15) is 30.1 Å². The van der Waals surface area contributed by atoms with E-state index >= 15 is 0 Å². The Bertz CT molecular complexity index is 516. The van der Waals surface area contributed by atoms with Crippen LogP contribution in [0.3, 0.4) is 0 Å². The number of nitrogens with zero attached hydrogens (tertiary/aromatic N) is 2. The lowest BCUT2D eigenvalue weighted by atomic mass is 10.1. The third kappa shape index (κ3) is 2.52. The van der Waals surface area contributed by atoms with Crippen LogP contribution in [0.25, 0.3) is 0 Å². The summed E-state index contributed by atoms with van der Waals surface area (Å²) in [6.45, 7) is 3.50. The summed E-state index contributed by atoms with van der Waals surface area (Å²) in [5, 5.41) is 10.8. The zero-order valence-electron chi connectivity index (χ0n) is 10.8. The number of para-hydroxylation sites is 1. The molecule has 0 aliphatic carbocycles. The summed E-state index contributed by atoms with van der Waals surface area (Å²) in [7, 11) is 0. The normalized spacial score (nSPS) is 18.6. The maximum atomic E-state index is 12.3. The smallest absolute Gasteiger partial charge is 0.292 e. The molecule has 1 amide bonds. The van der Waals surface area contributed by atoms with E-state index in [1.807, 2.05) is 0 Å². The molecule has 2 rings (SSSR count). The highest BCUT2D eigenvalue weighted by Gasteiger charge is 2.28. The predicted molar refractivity (Wildman–Crippen MR) is 71.8 cm³/mol. The number of nitrogens with two attached hydrogens (primary N) is 1. The van der Waals surface area contributed by atoms with Crippen molar-refractivity contribution in [3.63, 3.8) is 0 Å². The molecule has 102 valence electrons. The summed E-state index contributed by atoms with van der Waals surface area (Å²) in [4.78, 5) is 24.3. The molecule has 1 atom stereocenters. The second kappa shape index (κ2) is 5.26. The van der Waals surface area contributed by atoms with Gasteiger partial charge in [0.05, 0.1) is 10.5 Å². The van der Waals surface area contributed by atoms with Gasteiger partial charge in [-0.25, -0.2) is 0 Å². The van der Waals surface area contributed by atoms with Crippen molar-refractivity contribution in [2.24, 2.45) is 5.92 Å². The Balaban J connectivity index is 2.25. The van der Waals surface area contributed by atoms with Crippen LogP contribution in [0.2, 0.25) is 0 Å². The van der Waals surface area contributed by atoms with Gasteiger partial charge in [-0.15, -0.1) is 0 Å². The first-order valence-corrected chi connectivity index (χ1v) is 6.36. The van der Waals surface area contributed by atoms with E-state index in [0.717, 1.165) is 12.8 Å². The minimum Gasteiger partial charge on any atom is -0.393 e. The number of hydrogen-bond donors (Lipinski definition) is 1. The fourth-order valence-corrected chi connectivity index (χ4v) is 2.42. The first-order valence-electron chi connectivity index (χ1n) is 6.36. The minimum absolute atomic E-state index is 0.0440. The topological polar surface area (TPSA) is 89.5 Å². The maximum Gasteiger partial charge on any atom is 0.292 e. The summed E-state index contributed by atoms with van der Waals surface area (Å²) in [6.07, 6.45) is 2.02. The number of hydrogen-bond acceptors (Lipinski definition) is 4. The van der Waals surface area contributed by atoms with Gasteiger partial charge in [0.15, 0.2) is 0 Å². The predicted octanol–water partition coefficient (Wildman–Crippen LogP) is 2.05. The van der Waals surface area contributed by atoms with Crippen LogP contribution in [0.4, 0.5) is 11.4 Å². The van der Waals surface area contributed by atoms with Crippen molar-refractivity contribution >= 4 is 17.3 Å². The van der Waals surface area contributed by atoms with Crippen LogP contribution in [0.15, 0.2) is 18.2 Å². The van der Waals surface area contributed by atoms with E-state index in [4.69, 9.17) is 5.73 Å². The molecule has 0 radical (unpaired) electrons. The van der Waals surface area contributed by atoms with E-state index in [1.165, 1.54) is 12.1 Å². The summed E-state index contributed by atoms with van der Waals surface area (Å²) in [5.41, 5.74) is 5.70. The Labute approximate surface area is 111 Å². The van der Waals surface area contributed by atoms with Gasteiger partial charge in [0.1, 0.15) is 5.69 Å². The van der Waals surface area contributed by atoms with Crippen LogP contribution >= 0.6 is 0 Å². The lowest BCUT2D eigenvalue weighted by Gasteiger charge is -2.17. The zero-order chi connectivity index (χ0) is 14.0. The highest BCUT2D eigenvalue weighted by Crippen LogP contribution is 2.28. The molecular formula is C13H17N3O3. The van der Waals surface area contributed by atoms with Crippen molar-refractivity contribution in [3.05, 3.63) is 33.9 Å². The molecule has 1 saturated heterocycles. The molecule has 2 N–H and O–H groups in total. The van der Waals surface area contributed by atoms with Gasteiger partial charge < -0.3 is 10.6 Å². The summed E-state index contributed by atoms with van der Waals surface area (Å²) in [6, 6.07) is 4.35. The Morgan fingerprint density at radius 1 is 1.58 bits per heavy atom. The number of nitro benzene ring substituents is 1. The number of likely N-dealkylation sites (tertiary alicyclic amines) is 1. The molecule has 1 heterocycles. The minimum atomic E-state index is -0.565. The maximum absolute atomic E-state index is 12.3. The van der Waals surface area contributed by atoms with E-state index in [9.17, 15) is 14.9 Å². The van der Waals surface area contributed by atoms with E-state index in [1.54, 1.807) is 11.0 Å². The number of amides is 1. The van der Waals surface area contributed by atoms with Crippen molar-refractivity contribution in [2.75, 3.05) is 18.8 Å². The van der Waals surface area contributed by atoms with Crippen molar-refractivity contribution in [1.29, 1.82) is 0 Å². The van der Waals surface area contributed by atoms with Gasteiger partial charge in [0.25, 0.3) is 11.6 Å². The fraction of sp³-hybridized carbons (Fsp3) is 0.462. The quantitative estimate of drug-likeness (QED) is 0.513. The molecule has 6 heteroatoms. The molecule has 1 aliphatic heterocycles. The van der Waals surface area contributed by atoms with Gasteiger partial charge in [0, 0.05) is 19.2 Å². The molecule has 19 heavy (non-hydrogen) atoms. The second-order valence-corrected chi connectivity index (χ2v) is 4.81. The number of rotatable bonds is 3. The molecule has 1 aromatic carbocycles. The number of nitrogen functional groups attached to an aromatic ring is 1. The monoisotopic (exact) mass is 263 g/mol. The average Bonchev–Trinajstić information content (AvgIpc) is 2.86. The van der Waals surface area contributed by atoms with Crippen LogP contribution in [-0.4, -0.2) is 28.8 Å². The molecule has 1 aromatic rings. The number of anilines is 1. The van der Waals surface area contributed by atoms with Crippen molar-refractivity contribution in [3.8, 4) is 0 Å². The Morgan fingerprint density at radius 3 is 2.89 bits per heavy atom. The summed E-state index contributed by atoms with van der Waals surface area (Å²) >= 11 is 0. The molecule has 6 nitrogen and oxygen atoms in total. The van der Waals surface area contributed by atoms with E-state index in [2.05, 4.69) is 6.92 Å². The lowest BCUT2D eigenvalue weighted by molar-refractivity contribution is -0.383. The van der Waals surface area contributed by atoms with Crippen LogP contribution in [0.5, 0.6) is 0 Å². The third-order valence-electron chi connectivity index (χ3n) is 3.66. The van der Waals surface area contributed by atoms with Crippen molar-refractivity contribution in [2.45, 2.75) is 19.8 Å². The largest absolute Gasteiger partial charge is 0.393 e. The Kier molecular flexibility index (Phi) is 3.69. The van der Waals surface area contributed by atoms with Crippen LogP contribution in [-0.2, 0) is 0 Å². The number of benzene rings is 1. The SMILES string of the molecule is CCC1CCN(C(=O)c2cccc([N+](=O)[O-])c2N)C1. The van der Waals surface area contributed by atoms with E-state index < -0.39 is 4.92 Å². The zero-order valence-corrected chi connectivity index (χ0v) is 10.8. The van der Waals surface area contributed by atoms with Gasteiger partial charge in [0.2, 0.25) is 0 Å². The first-order chi connectivity index (χ1) is 9.04. The van der Waals surface area contributed by atoms with Crippen molar-refractivity contribution < 1.29 is 9.72 Å². The van der Waals surface area contributed by atoms with E-state index in [0.29, 0.717) is 19.0 Å². The molecule has 0 bridgehead atoms. The number of carbonyl (C=O) groups excluding carboxylic acids is 1. The molecule has 1 unspecified atom stereocenters. The van der Waals surface area contributed by atoms with Crippen molar-refractivity contribution in [1.82, 2.24) is 4.90 Å². The first kappa shape index (κ1) is 13.3. The Hall–Kier alpha value is -2.11. The van der Waals surface area contributed by atoms with Crippen LogP contribution < -0.4 is 5.73 Å². The highest BCUT2D eigenvalue weighted by molar-refractivity contribution is 6.01. The molecule has 0 aromatic heterocycles. The lowest BCUT2D eigenvalue weighted by Crippen LogP contribution is -2.29. The van der Waals surface area contributed by atoms with Gasteiger partial charge in [-0.3, -0.25) is 14.9 Å². The second-order valence-electron chi connectivity index (χ2n) is 4.81. The number of carbonyl (C=O) groups is 1. The van der Waals surface area contributed by atoms with Crippen LogP contribution in [0, 0.1) is 16.0 Å². The number of nitro groups is 1. The van der Waals surface area contributed by atoms with E-state index in [-0.39, 0.29) is 22.8 Å².